The molecule has 1 saturated heterocycles. The number of amides is 1. The maximum absolute atomic E-state index is 12.0. The van der Waals surface area contributed by atoms with Crippen molar-refractivity contribution in [2.75, 3.05) is 18.4 Å². The molecule has 0 radical (unpaired) electrons. The maximum atomic E-state index is 12.0. The first-order valence-electron chi connectivity index (χ1n) is 6.70. The van der Waals surface area contributed by atoms with Crippen molar-refractivity contribution in [3.63, 3.8) is 0 Å². The lowest BCUT2D eigenvalue weighted by molar-refractivity contribution is 0.0293. The number of hydrogen-bond acceptors (Lipinski definition) is 4. The molecule has 0 bridgehead atoms. The van der Waals surface area contributed by atoms with Crippen molar-refractivity contribution < 1.29 is 9.53 Å². The van der Waals surface area contributed by atoms with E-state index in [0.717, 1.165) is 16.8 Å². The number of carbonyl (C=O) groups is 1. The highest BCUT2D eigenvalue weighted by Crippen LogP contribution is 2.18. The molecule has 5 nitrogen and oxygen atoms in total. The van der Waals surface area contributed by atoms with Crippen LogP contribution in [0.5, 0.6) is 0 Å². The summed E-state index contributed by atoms with van der Waals surface area (Å²) in [5, 5.41) is 3.34. The van der Waals surface area contributed by atoms with Crippen LogP contribution in [-0.2, 0) is 4.74 Å². The SMILES string of the molecule is CC(C)(C)OC(=O)N1CC[C@@H](Nc2cccc(Br)n2)C1. The highest BCUT2D eigenvalue weighted by atomic mass is 79.9. The molecule has 1 amide bonds. The van der Waals surface area contributed by atoms with E-state index in [1.165, 1.54) is 0 Å². The van der Waals surface area contributed by atoms with Crippen LogP contribution in [0, 0.1) is 0 Å². The summed E-state index contributed by atoms with van der Waals surface area (Å²) < 4.78 is 6.17. The van der Waals surface area contributed by atoms with Gasteiger partial charge < -0.3 is 15.0 Å². The lowest BCUT2D eigenvalue weighted by atomic mass is 10.2. The van der Waals surface area contributed by atoms with Crippen molar-refractivity contribution in [2.45, 2.75) is 38.8 Å². The van der Waals surface area contributed by atoms with Gasteiger partial charge in [0.25, 0.3) is 0 Å². The van der Waals surface area contributed by atoms with Gasteiger partial charge in [-0.25, -0.2) is 9.78 Å². The molecule has 1 atom stereocenters. The molecule has 1 aliphatic rings. The lowest BCUT2D eigenvalue weighted by Crippen LogP contribution is -2.36. The topological polar surface area (TPSA) is 54.5 Å². The zero-order valence-corrected chi connectivity index (χ0v) is 13.6. The number of carbonyl (C=O) groups excluding carboxylic acids is 1. The molecule has 1 aliphatic heterocycles. The van der Waals surface area contributed by atoms with Crippen molar-refractivity contribution in [1.29, 1.82) is 0 Å². The van der Waals surface area contributed by atoms with Crippen LogP contribution in [0.3, 0.4) is 0 Å². The zero-order valence-electron chi connectivity index (χ0n) is 12.0. The highest BCUT2D eigenvalue weighted by molar-refractivity contribution is 9.10. The van der Waals surface area contributed by atoms with E-state index < -0.39 is 5.60 Å². The predicted molar refractivity (Wildman–Crippen MR) is 81.8 cm³/mol. The average molecular weight is 342 g/mol. The third-order valence-electron chi connectivity index (χ3n) is 2.91. The van der Waals surface area contributed by atoms with E-state index in [0.29, 0.717) is 13.1 Å². The van der Waals surface area contributed by atoms with Crippen LogP contribution >= 0.6 is 15.9 Å². The second kappa shape index (κ2) is 5.99. The van der Waals surface area contributed by atoms with Crippen LogP contribution in [0.1, 0.15) is 27.2 Å². The van der Waals surface area contributed by atoms with E-state index in [1.807, 2.05) is 39.0 Å². The number of nitrogens with one attached hydrogen (secondary N) is 1. The number of halogens is 1. The monoisotopic (exact) mass is 341 g/mol. The number of nitrogens with zero attached hydrogens (tertiary/aromatic N) is 2. The van der Waals surface area contributed by atoms with E-state index >= 15 is 0 Å². The number of likely N-dealkylation sites (tertiary alicyclic amines) is 1. The summed E-state index contributed by atoms with van der Waals surface area (Å²) in [7, 11) is 0. The first-order chi connectivity index (χ1) is 9.33. The van der Waals surface area contributed by atoms with E-state index in [1.54, 1.807) is 4.90 Å². The molecule has 1 aromatic heterocycles. The van der Waals surface area contributed by atoms with Gasteiger partial charge in [-0.2, -0.15) is 0 Å². The minimum absolute atomic E-state index is 0.212. The molecule has 1 N–H and O–H groups in total. The summed E-state index contributed by atoms with van der Waals surface area (Å²) in [5.74, 6) is 0.815. The molecular weight excluding hydrogens is 322 g/mol. The Morgan fingerprint density at radius 1 is 1.50 bits per heavy atom. The van der Waals surface area contributed by atoms with Gasteiger partial charge in [0, 0.05) is 19.1 Å². The molecule has 0 saturated carbocycles. The Hall–Kier alpha value is -1.30. The molecule has 0 unspecified atom stereocenters. The number of ether oxygens (including phenoxy) is 1. The summed E-state index contributed by atoms with van der Waals surface area (Å²) in [5.41, 5.74) is -0.450. The summed E-state index contributed by atoms with van der Waals surface area (Å²) in [6, 6.07) is 5.94. The van der Waals surface area contributed by atoms with Gasteiger partial charge in [-0.05, 0) is 55.3 Å². The average Bonchev–Trinajstić information content (AvgIpc) is 2.75. The molecule has 20 heavy (non-hydrogen) atoms. The fraction of sp³-hybridized carbons (Fsp3) is 0.571. The fourth-order valence-corrected chi connectivity index (χ4v) is 2.41. The van der Waals surface area contributed by atoms with Gasteiger partial charge in [-0.1, -0.05) is 6.07 Å². The first-order valence-corrected chi connectivity index (χ1v) is 7.50. The van der Waals surface area contributed by atoms with Crippen molar-refractivity contribution in [3.8, 4) is 0 Å². The second-order valence-corrected chi connectivity index (χ2v) is 6.71. The van der Waals surface area contributed by atoms with E-state index in [-0.39, 0.29) is 12.1 Å². The van der Waals surface area contributed by atoms with Crippen molar-refractivity contribution in [3.05, 3.63) is 22.8 Å². The second-order valence-electron chi connectivity index (χ2n) is 5.90. The Bertz CT molecular complexity index is 488. The molecule has 1 aromatic rings. The number of anilines is 1. The third-order valence-corrected chi connectivity index (χ3v) is 3.35. The molecule has 0 aromatic carbocycles. The smallest absolute Gasteiger partial charge is 0.410 e. The Kier molecular flexibility index (Phi) is 4.52. The van der Waals surface area contributed by atoms with Crippen molar-refractivity contribution in [2.24, 2.45) is 0 Å². The van der Waals surface area contributed by atoms with Crippen LogP contribution < -0.4 is 5.32 Å². The molecule has 110 valence electrons. The Balaban J connectivity index is 1.88. The minimum Gasteiger partial charge on any atom is -0.444 e. The van der Waals surface area contributed by atoms with Crippen LogP contribution in [0.25, 0.3) is 0 Å². The maximum Gasteiger partial charge on any atom is 0.410 e. The Morgan fingerprint density at radius 2 is 2.25 bits per heavy atom. The summed E-state index contributed by atoms with van der Waals surface area (Å²) in [4.78, 5) is 18.0. The normalized spacial score (nSPS) is 19.0. The zero-order chi connectivity index (χ0) is 14.8. The largest absolute Gasteiger partial charge is 0.444 e. The molecular formula is C14H20BrN3O2. The summed E-state index contributed by atoms with van der Waals surface area (Å²) >= 11 is 3.34. The Morgan fingerprint density at radius 3 is 2.90 bits per heavy atom. The number of aromatic nitrogens is 1. The molecule has 6 heteroatoms. The molecule has 0 aliphatic carbocycles. The van der Waals surface area contributed by atoms with E-state index in [4.69, 9.17) is 4.74 Å². The predicted octanol–water partition coefficient (Wildman–Crippen LogP) is 3.27. The van der Waals surface area contributed by atoms with Crippen LogP contribution in [0.15, 0.2) is 22.8 Å². The van der Waals surface area contributed by atoms with Crippen LogP contribution in [0.4, 0.5) is 10.6 Å². The van der Waals surface area contributed by atoms with Gasteiger partial charge >= 0.3 is 6.09 Å². The summed E-state index contributed by atoms with van der Waals surface area (Å²) in [6.07, 6.45) is 0.650. The Labute approximate surface area is 127 Å². The van der Waals surface area contributed by atoms with Gasteiger partial charge in [0.15, 0.2) is 0 Å². The number of rotatable bonds is 2. The molecule has 2 rings (SSSR count). The number of hydrogen-bond donors (Lipinski definition) is 1. The standard InChI is InChI=1S/C14H20BrN3O2/c1-14(2,3)20-13(19)18-8-7-10(9-18)16-12-6-4-5-11(15)17-12/h4-6,10H,7-9H2,1-3H3,(H,16,17)/t10-/m1/s1. The third kappa shape index (κ3) is 4.37. The van der Waals surface area contributed by atoms with E-state index in [9.17, 15) is 4.79 Å². The highest BCUT2D eigenvalue weighted by Gasteiger charge is 2.29. The van der Waals surface area contributed by atoms with Gasteiger partial charge in [0.05, 0.1) is 0 Å². The van der Waals surface area contributed by atoms with Gasteiger partial charge in [0.1, 0.15) is 16.0 Å². The van der Waals surface area contributed by atoms with Gasteiger partial charge in [-0.15, -0.1) is 0 Å². The number of pyridine rings is 1. The lowest BCUT2D eigenvalue weighted by Gasteiger charge is -2.24. The van der Waals surface area contributed by atoms with Gasteiger partial charge in [0.2, 0.25) is 0 Å². The molecule has 2 heterocycles. The van der Waals surface area contributed by atoms with Crippen LogP contribution in [0.2, 0.25) is 0 Å². The summed E-state index contributed by atoms with van der Waals surface area (Å²) in [6.45, 7) is 6.98. The molecule has 1 fully saturated rings. The minimum atomic E-state index is -0.450. The van der Waals surface area contributed by atoms with E-state index in [2.05, 4.69) is 26.2 Å². The fourth-order valence-electron chi connectivity index (χ4n) is 2.07. The quantitative estimate of drug-likeness (QED) is 0.838. The van der Waals surface area contributed by atoms with Crippen molar-refractivity contribution >= 4 is 27.8 Å². The molecule has 0 spiro atoms. The van der Waals surface area contributed by atoms with Crippen molar-refractivity contribution in [1.82, 2.24) is 9.88 Å². The van der Waals surface area contributed by atoms with Gasteiger partial charge in [-0.3, -0.25) is 0 Å². The van der Waals surface area contributed by atoms with Crippen LogP contribution in [-0.4, -0.2) is 40.7 Å². The first kappa shape index (κ1) is 15.1.